The van der Waals surface area contributed by atoms with Crippen LogP contribution < -0.4 is 103 Å². The molecule has 0 radical (unpaired) electrons. The Morgan fingerprint density at radius 3 is 1.64 bits per heavy atom. The van der Waals surface area contributed by atoms with Gasteiger partial charge in [0.1, 0.15) is 0 Å². The van der Waals surface area contributed by atoms with Gasteiger partial charge in [0, 0.05) is 17.1 Å². The zero-order chi connectivity index (χ0) is 18.1. The van der Waals surface area contributed by atoms with Gasteiger partial charge < -0.3 is 18.6 Å². The Morgan fingerprint density at radius 2 is 1.24 bits per heavy atom. The average Bonchev–Trinajstić information content (AvgIpc) is 2.37. The second-order valence-corrected chi connectivity index (χ2v) is 7.41. The van der Waals surface area contributed by atoms with Crippen LogP contribution in [-0.2, 0) is 39.3 Å². The van der Waals surface area contributed by atoms with Crippen molar-refractivity contribution in [3.63, 3.8) is 0 Å². The van der Waals surface area contributed by atoms with Crippen molar-refractivity contribution in [3.8, 4) is 0 Å². The van der Waals surface area contributed by atoms with Gasteiger partial charge >= 0.3 is 115 Å². The molecule has 0 amide bonds. The summed E-state index contributed by atoms with van der Waals surface area (Å²) in [6.07, 6.45) is -0.861. The Balaban J connectivity index is -0.00000242. The first-order valence-electron chi connectivity index (χ1n) is 6.28. The fourth-order valence-corrected chi connectivity index (χ4v) is 2.16. The summed E-state index contributed by atoms with van der Waals surface area (Å²) >= 11 is 0. The van der Waals surface area contributed by atoms with E-state index in [0.717, 1.165) is 0 Å². The van der Waals surface area contributed by atoms with Crippen LogP contribution in [0.2, 0.25) is 0 Å². The van der Waals surface area contributed by atoms with Crippen LogP contribution in [-0.4, -0.2) is 62.6 Å². The second kappa shape index (κ2) is 15.7. The molecule has 0 rings (SSSR count). The summed E-state index contributed by atoms with van der Waals surface area (Å²) in [7, 11) is -8.77. The van der Waals surface area contributed by atoms with E-state index in [0.29, 0.717) is 0 Å². The predicted molar refractivity (Wildman–Crippen MR) is 74.0 cm³/mol. The maximum atomic E-state index is 11.4. The van der Waals surface area contributed by atoms with Gasteiger partial charge in [-0.3, -0.25) is 4.79 Å². The van der Waals surface area contributed by atoms with Crippen LogP contribution in [0, 0.1) is 0 Å². The van der Waals surface area contributed by atoms with Crippen molar-refractivity contribution in [3.05, 3.63) is 12.2 Å². The van der Waals surface area contributed by atoms with E-state index < -0.39 is 50.1 Å². The van der Waals surface area contributed by atoms with Gasteiger partial charge in [-0.2, -0.15) is 0 Å². The van der Waals surface area contributed by atoms with Crippen LogP contribution in [0.3, 0.4) is 0 Å². The minimum absolute atomic E-state index is 0. The number of carbonyl (C=O) groups is 2. The largest absolute Gasteiger partial charge is 1.00 e. The summed E-state index contributed by atoms with van der Waals surface area (Å²) in [6.45, 7) is 2.66. The molecule has 0 N–H and O–H groups in total. The third-order valence-corrected chi connectivity index (χ3v) is 3.80. The minimum atomic E-state index is -4.39. The quantitative estimate of drug-likeness (QED) is 0.0969. The molecule has 0 aromatic heterocycles. The number of hydrogen-bond acceptors (Lipinski definition) is 10. The fourth-order valence-electron chi connectivity index (χ4n) is 1.22. The molecule has 0 atom stereocenters. The summed E-state index contributed by atoms with van der Waals surface area (Å²) in [5, 5.41) is 0. The van der Waals surface area contributed by atoms with Crippen molar-refractivity contribution in [2.75, 3.05) is 24.7 Å². The zero-order valence-electron chi connectivity index (χ0n) is 14.1. The Hall–Kier alpha value is 1.77. The normalized spacial score (nSPS) is 10.8. The van der Waals surface area contributed by atoms with Crippen molar-refractivity contribution in [1.82, 2.24) is 0 Å². The van der Waals surface area contributed by atoms with Gasteiger partial charge in [-0.25, -0.2) is 21.6 Å². The van der Waals surface area contributed by atoms with Gasteiger partial charge in [-0.05, 0) is 12.8 Å². The van der Waals surface area contributed by atoms with Gasteiger partial charge in [0.25, 0.3) is 0 Å². The smallest absolute Gasteiger partial charge is 0.748 e. The summed E-state index contributed by atoms with van der Waals surface area (Å²) < 4.78 is 71.0. The monoisotopic (exact) mass is 450 g/mol. The third kappa shape index (κ3) is 21.9. The van der Waals surface area contributed by atoms with E-state index in [1.54, 1.807) is 0 Å². The minimum Gasteiger partial charge on any atom is -0.748 e. The van der Waals surface area contributed by atoms with Crippen molar-refractivity contribution in [2.24, 2.45) is 0 Å². The van der Waals surface area contributed by atoms with Crippen molar-refractivity contribution < 1.29 is 148 Å². The first-order chi connectivity index (χ1) is 10.4. The molecule has 0 fully saturated rings. The number of hydrogen-bond donors (Lipinski definition) is 0. The molecule has 0 aliphatic heterocycles. The van der Waals surface area contributed by atoms with Crippen molar-refractivity contribution in [2.45, 2.75) is 19.3 Å². The van der Waals surface area contributed by atoms with E-state index in [2.05, 4.69) is 16.1 Å². The van der Waals surface area contributed by atoms with Crippen LogP contribution in [0.15, 0.2) is 12.2 Å². The predicted octanol–water partition coefficient (Wildman–Crippen LogP) is -7.10. The van der Waals surface area contributed by atoms with Crippen LogP contribution in [0.1, 0.15) is 19.3 Å². The molecular weight excluding hydrogens is 434 g/mol. The van der Waals surface area contributed by atoms with Crippen LogP contribution in [0.4, 0.5) is 0 Å². The maximum Gasteiger partial charge on any atom is 1.00 e. The molecule has 0 aliphatic carbocycles. The van der Waals surface area contributed by atoms with E-state index in [1.165, 1.54) is 0 Å². The Morgan fingerprint density at radius 1 is 0.840 bits per heavy atom. The first kappa shape index (κ1) is 31.5. The molecule has 0 unspecified atom stereocenters. The topological polar surface area (TPSA) is 167 Å². The Bertz CT molecular complexity index is 642. The van der Waals surface area contributed by atoms with Gasteiger partial charge in [0.2, 0.25) is 0 Å². The molecule has 0 aromatic rings. The zero-order valence-corrected chi connectivity index (χ0v) is 21.9. The molecular formula is C11H16K2O10S2. The summed E-state index contributed by atoms with van der Waals surface area (Å²) in [6, 6.07) is 0. The number of ether oxygens (including phenoxy) is 2. The third-order valence-electron chi connectivity index (χ3n) is 2.22. The average molecular weight is 451 g/mol. The number of esters is 2. The second-order valence-electron chi connectivity index (χ2n) is 4.37. The van der Waals surface area contributed by atoms with Crippen molar-refractivity contribution >= 4 is 32.2 Å². The molecule has 0 aliphatic rings. The molecule has 134 valence electrons. The first-order valence-corrected chi connectivity index (χ1v) is 9.44. The molecule has 0 saturated heterocycles. The molecule has 14 heteroatoms. The Kier molecular flexibility index (Phi) is 19.7. The van der Waals surface area contributed by atoms with Gasteiger partial charge in [-0.1, -0.05) is 6.58 Å². The molecule has 0 spiro atoms. The van der Waals surface area contributed by atoms with E-state index in [4.69, 9.17) is 0 Å². The molecule has 0 aromatic carbocycles. The molecule has 0 heterocycles. The Labute approximate surface area is 231 Å². The van der Waals surface area contributed by atoms with E-state index in [9.17, 15) is 35.5 Å². The van der Waals surface area contributed by atoms with Crippen LogP contribution in [0.25, 0.3) is 0 Å². The summed E-state index contributed by atoms with van der Waals surface area (Å²) in [5.41, 5.74) is -0.253. The standard InChI is InChI=1S/C11H18O10S2.2K/c1-9(11(13)21-5-3-7-23(17,18)19)8-10(12)20-4-2-6-22(14,15)16;;/h1-8H2,(H,14,15,16)(H,17,18,19);;/q;2*+1/p-2. The van der Waals surface area contributed by atoms with E-state index in [-0.39, 0.29) is 134 Å². The number of rotatable bonds is 11. The van der Waals surface area contributed by atoms with Gasteiger partial charge in [-0.15, -0.1) is 0 Å². The van der Waals surface area contributed by atoms with E-state index >= 15 is 0 Å². The van der Waals surface area contributed by atoms with Gasteiger partial charge in [0.05, 0.1) is 39.9 Å². The fraction of sp³-hybridized carbons (Fsp3) is 0.636. The maximum absolute atomic E-state index is 11.4. The summed E-state index contributed by atoms with van der Waals surface area (Å²) in [4.78, 5) is 22.7. The van der Waals surface area contributed by atoms with E-state index in [1.807, 2.05) is 0 Å². The molecule has 10 nitrogen and oxygen atoms in total. The summed E-state index contributed by atoms with van der Waals surface area (Å²) in [5.74, 6) is -3.17. The van der Waals surface area contributed by atoms with Crippen LogP contribution in [0.5, 0.6) is 0 Å². The molecule has 0 saturated carbocycles. The molecule has 0 bridgehead atoms. The molecule has 25 heavy (non-hydrogen) atoms. The van der Waals surface area contributed by atoms with Crippen molar-refractivity contribution in [1.29, 1.82) is 0 Å². The van der Waals surface area contributed by atoms with Crippen LogP contribution >= 0.6 is 0 Å². The number of carbonyl (C=O) groups excluding carboxylic acids is 2. The van der Waals surface area contributed by atoms with Gasteiger partial charge in [0.15, 0.2) is 0 Å². The SMILES string of the molecule is C=C(CC(=O)OCCCS(=O)(=O)[O-])C(=O)OCCCS(=O)(=O)[O-].[K+].[K+].